The first-order valence-electron chi connectivity index (χ1n) is 7.53. The summed E-state index contributed by atoms with van der Waals surface area (Å²) in [5, 5.41) is 20.2. The fourth-order valence-electron chi connectivity index (χ4n) is 2.79. The summed E-state index contributed by atoms with van der Waals surface area (Å²) in [6, 6.07) is 6.33. The maximum absolute atomic E-state index is 11.2. The summed E-state index contributed by atoms with van der Waals surface area (Å²) in [5.74, 6) is -0.982. The summed E-state index contributed by atoms with van der Waals surface area (Å²) in [6.07, 6.45) is 4.46. The van der Waals surface area contributed by atoms with E-state index in [2.05, 4.69) is 13.5 Å². The van der Waals surface area contributed by atoms with Gasteiger partial charge in [0.1, 0.15) is 0 Å². The third-order valence-electron chi connectivity index (χ3n) is 4.43. The summed E-state index contributed by atoms with van der Waals surface area (Å²) >= 11 is 0. The zero-order valence-corrected chi connectivity index (χ0v) is 13.6. The smallest absolute Gasteiger partial charge is 0.335 e. The number of aliphatic hydroxyl groups is 1. The van der Waals surface area contributed by atoms with E-state index in [1.165, 1.54) is 12.1 Å². The van der Waals surface area contributed by atoms with E-state index in [1.807, 2.05) is 0 Å². The largest absolute Gasteiger partial charge is 0.478 e. The monoisotopic (exact) mass is 306 g/mol. The van der Waals surface area contributed by atoms with Gasteiger partial charge in [-0.1, -0.05) is 38.0 Å². The van der Waals surface area contributed by atoms with Gasteiger partial charge in [0.25, 0.3) is 0 Å². The van der Waals surface area contributed by atoms with Crippen molar-refractivity contribution in [1.82, 2.24) is 0 Å². The molecule has 2 atom stereocenters. The molecule has 0 saturated heterocycles. The maximum Gasteiger partial charge on any atom is 0.335 e. The van der Waals surface area contributed by atoms with Crippen LogP contribution in [0.4, 0.5) is 0 Å². The van der Waals surface area contributed by atoms with Crippen LogP contribution in [0.1, 0.15) is 49.0 Å². The van der Waals surface area contributed by atoms with Gasteiger partial charge in [-0.05, 0) is 31.0 Å². The number of carbonyl (C=O) groups is 1. The predicted molar refractivity (Wildman–Crippen MR) is 87.0 cm³/mol. The van der Waals surface area contributed by atoms with Crippen molar-refractivity contribution in [2.45, 2.75) is 38.7 Å². The van der Waals surface area contributed by atoms with Crippen LogP contribution in [0.3, 0.4) is 0 Å². The Morgan fingerprint density at radius 3 is 2.36 bits per heavy atom. The molecule has 1 aromatic carbocycles. The number of hydrogen-bond acceptors (Lipinski definition) is 3. The van der Waals surface area contributed by atoms with E-state index >= 15 is 0 Å². The summed E-state index contributed by atoms with van der Waals surface area (Å²) in [4.78, 5) is 11.0. The zero-order valence-electron chi connectivity index (χ0n) is 13.6. The van der Waals surface area contributed by atoms with Crippen LogP contribution in [0.5, 0.6) is 0 Å². The van der Waals surface area contributed by atoms with Crippen molar-refractivity contribution in [2.24, 2.45) is 5.41 Å². The van der Waals surface area contributed by atoms with E-state index < -0.39 is 17.0 Å². The summed E-state index contributed by atoms with van der Waals surface area (Å²) in [5.41, 5.74) is -0.964. The van der Waals surface area contributed by atoms with Crippen LogP contribution in [0.2, 0.25) is 0 Å². The quantitative estimate of drug-likeness (QED) is 0.684. The fourth-order valence-corrected chi connectivity index (χ4v) is 2.79. The highest BCUT2D eigenvalue weighted by Gasteiger charge is 2.45. The molecule has 0 spiro atoms. The van der Waals surface area contributed by atoms with Crippen LogP contribution in [-0.2, 0) is 10.3 Å². The number of carboxylic acids is 1. The Morgan fingerprint density at radius 1 is 1.36 bits per heavy atom. The molecule has 0 radical (unpaired) electrons. The van der Waals surface area contributed by atoms with E-state index in [-0.39, 0.29) is 5.56 Å². The lowest BCUT2D eigenvalue weighted by atomic mass is 9.67. The molecule has 2 N–H and O–H groups in total. The van der Waals surface area contributed by atoms with Crippen LogP contribution < -0.4 is 0 Å². The first kappa shape index (κ1) is 18.4. The van der Waals surface area contributed by atoms with Crippen LogP contribution in [-0.4, -0.2) is 29.9 Å². The molecule has 0 aromatic heterocycles. The molecule has 0 aliphatic heterocycles. The van der Waals surface area contributed by atoms with Crippen LogP contribution in [0.25, 0.3) is 0 Å². The van der Waals surface area contributed by atoms with E-state index in [0.717, 1.165) is 19.3 Å². The summed E-state index contributed by atoms with van der Waals surface area (Å²) < 4.78 is 5.34. The molecular formula is C18H26O4. The molecule has 0 aliphatic rings. The Labute approximate surface area is 132 Å². The lowest BCUT2D eigenvalue weighted by Crippen LogP contribution is -2.45. The average molecular weight is 306 g/mol. The van der Waals surface area contributed by atoms with Crippen molar-refractivity contribution in [2.75, 3.05) is 13.7 Å². The summed E-state index contributed by atoms with van der Waals surface area (Å²) in [6.45, 7) is 8.09. The zero-order chi connectivity index (χ0) is 16.8. The van der Waals surface area contributed by atoms with Crippen molar-refractivity contribution in [3.63, 3.8) is 0 Å². The van der Waals surface area contributed by atoms with E-state index in [9.17, 15) is 9.90 Å². The molecule has 0 amide bonds. The molecule has 0 heterocycles. The van der Waals surface area contributed by atoms with Gasteiger partial charge in [0.2, 0.25) is 0 Å². The number of rotatable bonds is 9. The Bertz CT molecular complexity index is 504. The SMILES string of the molecule is C=C[C@@](CCCC)(COC)[C@@](C)(O)c1ccc(C(=O)O)cc1. The highest BCUT2D eigenvalue weighted by atomic mass is 16.5. The minimum absolute atomic E-state index is 0.198. The Hall–Kier alpha value is -1.65. The normalized spacial score (nSPS) is 16.5. The summed E-state index contributed by atoms with van der Waals surface area (Å²) in [7, 11) is 1.60. The molecule has 22 heavy (non-hydrogen) atoms. The number of aromatic carboxylic acids is 1. The Balaban J connectivity index is 3.24. The molecule has 0 bridgehead atoms. The third kappa shape index (κ3) is 3.57. The molecule has 0 fully saturated rings. The lowest BCUT2D eigenvalue weighted by molar-refractivity contribution is -0.0882. The van der Waals surface area contributed by atoms with E-state index in [0.29, 0.717) is 12.2 Å². The van der Waals surface area contributed by atoms with Crippen LogP contribution >= 0.6 is 0 Å². The number of ether oxygens (including phenoxy) is 1. The molecular weight excluding hydrogens is 280 g/mol. The Morgan fingerprint density at radius 2 is 1.95 bits per heavy atom. The molecule has 0 saturated carbocycles. The van der Waals surface area contributed by atoms with Crippen LogP contribution in [0, 0.1) is 5.41 Å². The van der Waals surface area contributed by atoms with E-state index in [1.54, 1.807) is 32.2 Å². The topological polar surface area (TPSA) is 66.8 Å². The second kappa shape index (κ2) is 7.56. The van der Waals surface area contributed by atoms with Gasteiger partial charge in [-0.3, -0.25) is 0 Å². The highest BCUT2D eigenvalue weighted by Crippen LogP contribution is 2.45. The third-order valence-corrected chi connectivity index (χ3v) is 4.43. The average Bonchev–Trinajstić information content (AvgIpc) is 2.51. The van der Waals surface area contributed by atoms with Crippen molar-refractivity contribution in [1.29, 1.82) is 0 Å². The lowest BCUT2D eigenvalue weighted by Gasteiger charge is -2.43. The maximum atomic E-state index is 11.2. The number of carboxylic acid groups (broad SMARTS) is 1. The van der Waals surface area contributed by atoms with E-state index in [4.69, 9.17) is 9.84 Å². The highest BCUT2D eigenvalue weighted by molar-refractivity contribution is 5.87. The van der Waals surface area contributed by atoms with Gasteiger partial charge in [0.05, 0.1) is 17.8 Å². The minimum atomic E-state index is -1.20. The molecule has 0 unspecified atom stereocenters. The standard InChI is InChI=1S/C18H26O4/c1-5-7-12-18(6-2,13-22-4)17(3,21)15-10-8-14(9-11-15)16(19)20/h6,8-11,21H,2,5,7,12-13H2,1,3-4H3,(H,19,20)/t17-,18+/m0/s1. The second-order valence-corrected chi connectivity index (χ2v) is 5.85. The van der Waals surface area contributed by atoms with Crippen molar-refractivity contribution in [3.05, 3.63) is 48.0 Å². The fraction of sp³-hybridized carbons (Fsp3) is 0.500. The van der Waals surface area contributed by atoms with Crippen LogP contribution in [0.15, 0.2) is 36.9 Å². The van der Waals surface area contributed by atoms with Crippen molar-refractivity contribution >= 4 is 5.97 Å². The molecule has 1 aromatic rings. The van der Waals surface area contributed by atoms with Gasteiger partial charge >= 0.3 is 5.97 Å². The Kier molecular flexibility index (Phi) is 6.33. The number of benzene rings is 1. The van der Waals surface area contributed by atoms with Gasteiger partial charge in [-0.2, -0.15) is 0 Å². The predicted octanol–water partition coefficient (Wildman–Crippen LogP) is 3.60. The van der Waals surface area contributed by atoms with Gasteiger partial charge in [-0.15, -0.1) is 6.58 Å². The van der Waals surface area contributed by atoms with Crippen molar-refractivity contribution < 1.29 is 19.7 Å². The van der Waals surface area contributed by atoms with Gasteiger partial charge in [0.15, 0.2) is 0 Å². The van der Waals surface area contributed by atoms with Gasteiger partial charge < -0.3 is 14.9 Å². The number of hydrogen-bond donors (Lipinski definition) is 2. The second-order valence-electron chi connectivity index (χ2n) is 5.85. The molecule has 0 aliphatic carbocycles. The molecule has 122 valence electrons. The first-order valence-corrected chi connectivity index (χ1v) is 7.53. The van der Waals surface area contributed by atoms with Gasteiger partial charge in [-0.25, -0.2) is 4.79 Å². The molecule has 1 rings (SSSR count). The van der Waals surface area contributed by atoms with Crippen molar-refractivity contribution in [3.8, 4) is 0 Å². The first-order chi connectivity index (χ1) is 10.3. The molecule has 4 heteroatoms. The minimum Gasteiger partial charge on any atom is -0.478 e. The number of methoxy groups -OCH3 is 1. The number of unbranched alkanes of at least 4 members (excludes halogenated alkanes) is 1. The molecule has 4 nitrogen and oxygen atoms in total. The van der Waals surface area contributed by atoms with Gasteiger partial charge in [0, 0.05) is 12.5 Å².